The number of benzene rings is 1. The molecule has 0 saturated heterocycles. The fourth-order valence-electron chi connectivity index (χ4n) is 1.76. The molecule has 0 spiro atoms. The fourth-order valence-corrected chi connectivity index (χ4v) is 2.00. The second kappa shape index (κ2) is 6.41. The highest BCUT2D eigenvalue weighted by atomic mass is 35.5. The summed E-state index contributed by atoms with van der Waals surface area (Å²) in [6, 6.07) is 5.21. The van der Waals surface area contributed by atoms with Gasteiger partial charge in [0, 0.05) is 17.7 Å². The quantitative estimate of drug-likeness (QED) is 0.482. The molecule has 0 fully saturated rings. The molecule has 1 heterocycles. The average molecular weight is 343 g/mol. The van der Waals surface area contributed by atoms with E-state index in [1.165, 1.54) is 24.3 Å². The van der Waals surface area contributed by atoms with E-state index in [1.807, 2.05) is 0 Å². The first kappa shape index (κ1) is 16.4. The maximum absolute atomic E-state index is 12.5. The second-order valence-electron chi connectivity index (χ2n) is 4.58. The third-order valence-electron chi connectivity index (χ3n) is 2.88. The third-order valence-corrected chi connectivity index (χ3v) is 3.27. The average Bonchev–Trinajstić information content (AvgIpc) is 2.92. The lowest BCUT2D eigenvalue weighted by atomic mass is 10.2. The lowest BCUT2D eigenvalue weighted by Gasteiger charge is -2.05. The Kier molecular flexibility index (Phi) is 4.77. The van der Waals surface area contributed by atoms with Gasteiger partial charge in [0.2, 0.25) is 0 Å². The van der Waals surface area contributed by atoms with Gasteiger partial charge in [-0.05, 0) is 26.0 Å². The van der Waals surface area contributed by atoms with Gasteiger partial charge >= 0.3 is 0 Å². The van der Waals surface area contributed by atoms with E-state index in [1.54, 1.807) is 13.8 Å². The zero-order valence-corrected chi connectivity index (χ0v) is 13.2. The van der Waals surface area contributed by atoms with E-state index in [0.717, 1.165) is 4.68 Å². The first-order valence-corrected chi connectivity index (χ1v) is 7.22. The van der Waals surface area contributed by atoms with Crippen LogP contribution in [0.5, 0.6) is 0 Å². The van der Waals surface area contributed by atoms with Crippen LogP contribution in [0.15, 0.2) is 24.3 Å². The zero-order chi connectivity index (χ0) is 16.4. The molecule has 0 aliphatic heterocycles. The molecule has 1 aromatic heterocycles. The van der Waals surface area contributed by atoms with E-state index >= 15 is 0 Å². The largest absolute Gasteiger partial charge is 0.279 e. The van der Waals surface area contributed by atoms with Crippen molar-refractivity contribution in [3.8, 4) is 0 Å². The molecule has 2 atom stereocenters. The monoisotopic (exact) mass is 342 g/mol. The van der Waals surface area contributed by atoms with Gasteiger partial charge in [-0.3, -0.25) is 14.9 Å². The Bertz CT molecular complexity index is 711. The van der Waals surface area contributed by atoms with Crippen molar-refractivity contribution in [3.05, 3.63) is 51.6 Å². The van der Waals surface area contributed by atoms with Crippen LogP contribution in [0.2, 0.25) is 0 Å². The van der Waals surface area contributed by atoms with E-state index in [2.05, 4.69) is 10.1 Å². The van der Waals surface area contributed by atoms with Crippen molar-refractivity contribution in [2.75, 3.05) is 0 Å². The number of nitro benzene ring substituents is 1. The molecule has 0 amide bonds. The van der Waals surface area contributed by atoms with Gasteiger partial charge in [-0.1, -0.05) is 0 Å². The van der Waals surface area contributed by atoms with Gasteiger partial charge < -0.3 is 0 Å². The molecule has 22 heavy (non-hydrogen) atoms. The van der Waals surface area contributed by atoms with Crippen LogP contribution in [0, 0.1) is 10.1 Å². The van der Waals surface area contributed by atoms with Crippen LogP contribution in [0.1, 0.15) is 46.6 Å². The second-order valence-corrected chi connectivity index (χ2v) is 5.89. The number of carbonyl (C=O) groups is 1. The number of carbonyl (C=O) groups excluding carboxylic acids is 1. The van der Waals surface area contributed by atoms with E-state index in [0.29, 0.717) is 5.82 Å². The van der Waals surface area contributed by atoms with Crippen LogP contribution in [-0.2, 0) is 0 Å². The standard InChI is InChI=1S/C13H12Cl2N4O3/c1-7(14)11-16-12(8(2)15)18(17-11)13(20)9-3-5-10(6-4-9)19(21)22/h3-8H,1-2H3/t7-,8-/m1/s1. The van der Waals surface area contributed by atoms with Gasteiger partial charge in [-0.2, -0.15) is 4.68 Å². The van der Waals surface area contributed by atoms with Crippen molar-refractivity contribution in [1.82, 2.24) is 14.8 Å². The van der Waals surface area contributed by atoms with Crippen molar-refractivity contribution in [1.29, 1.82) is 0 Å². The van der Waals surface area contributed by atoms with Crippen LogP contribution >= 0.6 is 23.2 Å². The maximum atomic E-state index is 12.5. The summed E-state index contributed by atoms with van der Waals surface area (Å²) in [4.78, 5) is 26.7. The maximum Gasteiger partial charge on any atom is 0.279 e. The van der Waals surface area contributed by atoms with Gasteiger partial charge in [0.05, 0.1) is 15.7 Å². The van der Waals surface area contributed by atoms with Gasteiger partial charge in [0.15, 0.2) is 11.6 Å². The van der Waals surface area contributed by atoms with E-state index in [-0.39, 0.29) is 17.1 Å². The van der Waals surface area contributed by atoms with E-state index in [9.17, 15) is 14.9 Å². The number of alkyl halides is 2. The summed E-state index contributed by atoms with van der Waals surface area (Å²) in [5.41, 5.74) is 0.138. The fraction of sp³-hybridized carbons (Fsp3) is 0.308. The summed E-state index contributed by atoms with van der Waals surface area (Å²) in [6.45, 7) is 3.34. The van der Waals surface area contributed by atoms with Gasteiger partial charge in [0.25, 0.3) is 11.6 Å². The lowest BCUT2D eigenvalue weighted by molar-refractivity contribution is -0.384. The molecule has 0 N–H and O–H groups in total. The minimum atomic E-state index is -0.543. The Morgan fingerprint density at radius 1 is 1.23 bits per heavy atom. The molecule has 2 aromatic rings. The highest BCUT2D eigenvalue weighted by Crippen LogP contribution is 2.23. The van der Waals surface area contributed by atoms with Crippen molar-refractivity contribution in [2.24, 2.45) is 0 Å². The van der Waals surface area contributed by atoms with E-state index in [4.69, 9.17) is 23.2 Å². The number of non-ortho nitro benzene ring substituents is 1. The van der Waals surface area contributed by atoms with Gasteiger partial charge in [-0.15, -0.1) is 28.3 Å². The van der Waals surface area contributed by atoms with Crippen molar-refractivity contribution in [3.63, 3.8) is 0 Å². The summed E-state index contributed by atoms with van der Waals surface area (Å²) in [5, 5.41) is 13.7. The third kappa shape index (κ3) is 3.26. The number of rotatable bonds is 4. The van der Waals surface area contributed by atoms with Crippen molar-refractivity contribution < 1.29 is 9.72 Å². The summed E-state index contributed by atoms with van der Waals surface area (Å²) in [5.74, 6) is 0.0837. The number of aromatic nitrogens is 3. The van der Waals surface area contributed by atoms with Crippen LogP contribution in [0.3, 0.4) is 0 Å². The number of nitro groups is 1. The number of hydrogen-bond acceptors (Lipinski definition) is 5. The molecule has 0 radical (unpaired) electrons. The molecule has 0 bridgehead atoms. The Morgan fingerprint density at radius 3 is 2.27 bits per heavy atom. The summed E-state index contributed by atoms with van der Waals surface area (Å²) in [7, 11) is 0. The van der Waals surface area contributed by atoms with Crippen molar-refractivity contribution in [2.45, 2.75) is 24.6 Å². The molecule has 116 valence electrons. The first-order chi connectivity index (χ1) is 10.3. The summed E-state index contributed by atoms with van der Waals surface area (Å²) >= 11 is 11.9. The Labute approximate surface area is 136 Å². The molecule has 1 aromatic carbocycles. The van der Waals surface area contributed by atoms with E-state index < -0.39 is 21.6 Å². The molecular formula is C13H12Cl2N4O3. The smallest absolute Gasteiger partial charge is 0.267 e. The van der Waals surface area contributed by atoms with Crippen molar-refractivity contribution >= 4 is 34.8 Å². The molecule has 2 rings (SSSR count). The highest BCUT2D eigenvalue weighted by Gasteiger charge is 2.22. The van der Waals surface area contributed by atoms with Crippen LogP contribution in [-0.4, -0.2) is 25.6 Å². The molecule has 7 nitrogen and oxygen atoms in total. The first-order valence-electron chi connectivity index (χ1n) is 6.35. The Morgan fingerprint density at radius 2 is 1.82 bits per heavy atom. The number of hydrogen-bond donors (Lipinski definition) is 0. The SMILES string of the molecule is C[C@@H](Cl)c1nc([C@@H](C)Cl)n(C(=O)c2ccc([N+](=O)[O-])cc2)n1. The Hall–Kier alpha value is -1.99. The Balaban J connectivity index is 2.42. The minimum absolute atomic E-state index is 0.101. The highest BCUT2D eigenvalue weighted by molar-refractivity contribution is 6.21. The molecule has 0 aliphatic carbocycles. The molecular weight excluding hydrogens is 331 g/mol. The normalized spacial score (nSPS) is 13.6. The lowest BCUT2D eigenvalue weighted by Crippen LogP contribution is -2.17. The predicted molar refractivity (Wildman–Crippen MR) is 81.4 cm³/mol. The molecule has 0 saturated carbocycles. The molecule has 9 heteroatoms. The van der Waals surface area contributed by atoms with Crippen LogP contribution < -0.4 is 0 Å². The molecule has 0 unspecified atom stereocenters. The predicted octanol–water partition coefficient (Wildman–Crippen LogP) is 3.47. The topological polar surface area (TPSA) is 90.9 Å². The minimum Gasteiger partial charge on any atom is -0.267 e. The van der Waals surface area contributed by atoms with Crippen LogP contribution in [0.25, 0.3) is 0 Å². The van der Waals surface area contributed by atoms with Gasteiger partial charge in [0.1, 0.15) is 0 Å². The molecule has 0 aliphatic rings. The van der Waals surface area contributed by atoms with Crippen LogP contribution in [0.4, 0.5) is 5.69 Å². The number of nitrogens with zero attached hydrogens (tertiary/aromatic N) is 4. The van der Waals surface area contributed by atoms with Gasteiger partial charge in [-0.25, -0.2) is 4.98 Å². The zero-order valence-electron chi connectivity index (χ0n) is 11.7. The summed E-state index contributed by atoms with van der Waals surface area (Å²) < 4.78 is 1.08. The number of halogens is 2. The summed E-state index contributed by atoms with van der Waals surface area (Å²) in [6.07, 6.45) is 0.